The van der Waals surface area contributed by atoms with E-state index in [0.717, 1.165) is 9.13 Å². The summed E-state index contributed by atoms with van der Waals surface area (Å²) in [5.74, 6) is -0.609. The van der Waals surface area contributed by atoms with Gasteiger partial charge in [0.2, 0.25) is 0 Å². The van der Waals surface area contributed by atoms with E-state index >= 15 is 0 Å². The van der Waals surface area contributed by atoms with E-state index in [0.29, 0.717) is 0 Å². The number of halogens is 2. The van der Waals surface area contributed by atoms with E-state index in [4.69, 9.17) is 0 Å². The maximum absolute atomic E-state index is 12.6. The fourth-order valence-electron chi connectivity index (χ4n) is 0.893. The first-order valence-corrected chi connectivity index (χ1v) is 4.72. The molecule has 0 fully saturated rings. The van der Waals surface area contributed by atoms with E-state index in [2.05, 4.69) is 4.74 Å². The van der Waals surface area contributed by atoms with Crippen molar-refractivity contribution in [3.05, 3.63) is 33.1 Å². The molecule has 0 aliphatic heterocycles. The van der Waals surface area contributed by atoms with Gasteiger partial charge in [0.05, 0.1) is 13.5 Å². The predicted octanol–water partition coefficient (Wildman–Crippen LogP) is 2.15. The molecule has 1 aromatic carbocycles. The van der Waals surface area contributed by atoms with E-state index in [1.54, 1.807) is 6.07 Å². The molecule has 2 nitrogen and oxygen atoms in total. The highest BCUT2D eigenvalue weighted by atomic mass is 127. The number of methoxy groups -OCH3 is 1. The summed E-state index contributed by atoms with van der Waals surface area (Å²) in [4.78, 5) is 10.9. The van der Waals surface area contributed by atoms with Crippen LogP contribution in [0.5, 0.6) is 0 Å². The van der Waals surface area contributed by atoms with Crippen molar-refractivity contribution >= 4 is 28.6 Å². The fourth-order valence-corrected chi connectivity index (χ4v) is 1.56. The highest BCUT2D eigenvalue weighted by Crippen LogP contribution is 2.14. The molecule has 0 bridgehead atoms. The average molecular weight is 294 g/mol. The van der Waals surface area contributed by atoms with Crippen LogP contribution in [0.1, 0.15) is 5.56 Å². The highest BCUT2D eigenvalue weighted by molar-refractivity contribution is 14.1. The van der Waals surface area contributed by atoms with E-state index < -0.39 is 0 Å². The van der Waals surface area contributed by atoms with E-state index in [9.17, 15) is 9.18 Å². The van der Waals surface area contributed by atoms with Gasteiger partial charge in [0, 0.05) is 3.57 Å². The molecule has 0 saturated heterocycles. The Labute approximate surface area is 89.2 Å². The Kier molecular flexibility index (Phi) is 3.65. The standard InChI is InChI=1S/C9H8FIO2/c1-13-9(12)4-6-2-3-7(10)5-8(6)11/h2-3,5H,4H2,1H3. The van der Waals surface area contributed by atoms with E-state index in [1.807, 2.05) is 22.6 Å². The summed E-state index contributed by atoms with van der Waals surface area (Å²) >= 11 is 1.99. The zero-order chi connectivity index (χ0) is 9.84. The molecule has 0 aromatic heterocycles. The Morgan fingerprint density at radius 1 is 1.62 bits per heavy atom. The van der Waals surface area contributed by atoms with Crippen molar-refractivity contribution < 1.29 is 13.9 Å². The van der Waals surface area contributed by atoms with Crippen LogP contribution >= 0.6 is 22.6 Å². The van der Waals surface area contributed by atoms with Crippen molar-refractivity contribution in [2.75, 3.05) is 7.11 Å². The lowest BCUT2D eigenvalue weighted by Gasteiger charge is -2.02. The molecule has 0 amide bonds. The van der Waals surface area contributed by atoms with Crippen LogP contribution in [-0.4, -0.2) is 13.1 Å². The molecule has 1 aromatic rings. The van der Waals surface area contributed by atoms with Crippen LogP contribution in [-0.2, 0) is 16.0 Å². The van der Waals surface area contributed by atoms with Crippen molar-refractivity contribution in [1.82, 2.24) is 0 Å². The van der Waals surface area contributed by atoms with Crippen molar-refractivity contribution in [2.24, 2.45) is 0 Å². The summed E-state index contributed by atoms with van der Waals surface area (Å²) in [6, 6.07) is 4.31. The topological polar surface area (TPSA) is 26.3 Å². The number of rotatable bonds is 2. The summed E-state index contributed by atoms with van der Waals surface area (Å²) in [5, 5.41) is 0. The van der Waals surface area contributed by atoms with Gasteiger partial charge in [-0.25, -0.2) is 4.39 Å². The van der Waals surface area contributed by atoms with Crippen LogP contribution in [0.3, 0.4) is 0 Å². The zero-order valence-electron chi connectivity index (χ0n) is 7.01. The number of carbonyl (C=O) groups is 1. The van der Waals surface area contributed by atoms with Crippen LogP contribution in [0.4, 0.5) is 4.39 Å². The van der Waals surface area contributed by atoms with Gasteiger partial charge in [-0.3, -0.25) is 4.79 Å². The number of esters is 1. The molecule has 0 unspecified atom stereocenters. The molecule has 13 heavy (non-hydrogen) atoms. The Morgan fingerprint density at radius 2 is 2.31 bits per heavy atom. The van der Waals surface area contributed by atoms with Crippen LogP contribution < -0.4 is 0 Å². The van der Waals surface area contributed by atoms with E-state index in [-0.39, 0.29) is 18.2 Å². The molecule has 1 rings (SSSR count). The molecular formula is C9H8FIO2. The van der Waals surface area contributed by atoms with E-state index in [1.165, 1.54) is 19.2 Å². The first-order chi connectivity index (χ1) is 6.13. The molecule has 4 heteroatoms. The third-order valence-corrected chi connectivity index (χ3v) is 2.58. The second-order valence-electron chi connectivity index (χ2n) is 2.49. The average Bonchev–Trinajstić information content (AvgIpc) is 2.09. The van der Waals surface area contributed by atoms with Gasteiger partial charge in [-0.15, -0.1) is 0 Å². The molecule has 0 aliphatic rings. The monoisotopic (exact) mass is 294 g/mol. The SMILES string of the molecule is COC(=O)Cc1ccc(F)cc1I. The number of hydrogen-bond acceptors (Lipinski definition) is 2. The molecule has 0 atom stereocenters. The Balaban J connectivity index is 2.83. The van der Waals surface area contributed by atoms with Crippen molar-refractivity contribution in [1.29, 1.82) is 0 Å². The maximum atomic E-state index is 12.6. The quantitative estimate of drug-likeness (QED) is 0.617. The van der Waals surface area contributed by atoms with Gasteiger partial charge in [-0.2, -0.15) is 0 Å². The lowest BCUT2D eigenvalue weighted by molar-refractivity contribution is -0.139. The van der Waals surface area contributed by atoms with Gasteiger partial charge in [0.15, 0.2) is 0 Å². The van der Waals surface area contributed by atoms with Crippen molar-refractivity contribution in [3.63, 3.8) is 0 Å². The second kappa shape index (κ2) is 4.55. The third kappa shape index (κ3) is 2.95. The predicted molar refractivity (Wildman–Crippen MR) is 54.8 cm³/mol. The van der Waals surface area contributed by atoms with Gasteiger partial charge in [0.1, 0.15) is 5.82 Å². The fraction of sp³-hybridized carbons (Fsp3) is 0.222. The van der Waals surface area contributed by atoms with Gasteiger partial charge in [-0.1, -0.05) is 6.07 Å². The van der Waals surface area contributed by atoms with Gasteiger partial charge >= 0.3 is 5.97 Å². The summed E-state index contributed by atoms with van der Waals surface area (Å²) < 4.78 is 17.9. The minimum atomic E-state index is -0.315. The minimum absolute atomic E-state index is 0.190. The first-order valence-electron chi connectivity index (χ1n) is 3.64. The molecule has 0 N–H and O–H groups in total. The Morgan fingerprint density at radius 3 is 2.85 bits per heavy atom. The number of ether oxygens (including phenoxy) is 1. The largest absolute Gasteiger partial charge is 0.469 e. The van der Waals surface area contributed by atoms with Gasteiger partial charge in [0.25, 0.3) is 0 Å². The van der Waals surface area contributed by atoms with Crippen molar-refractivity contribution in [3.8, 4) is 0 Å². The zero-order valence-corrected chi connectivity index (χ0v) is 9.17. The third-order valence-electron chi connectivity index (χ3n) is 1.58. The number of carbonyl (C=O) groups excluding carboxylic acids is 1. The Bertz CT molecular complexity index is 325. The molecule has 70 valence electrons. The number of hydrogen-bond donors (Lipinski definition) is 0. The summed E-state index contributed by atoms with van der Waals surface area (Å²) in [6.45, 7) is 0. The first kappa shape index (κ1) is 10.4. The van der Waals surface area contributed by atoms with Crippen LogP contribution in [0, 0.1) is 9.39 Å². The summed E-state index contributed by atoms with van der Waals surface area (Å²) in [6.07, 6.45) is 0.190. The summed E-state index contributed by atoms with van der Waals surface area (Å²) in [5.41, 5.74) is 0.786. The molecule has 0 radical (unpaired) electrons. The maximum Gasteiger partial charge on any atom is 0.310 e. The molecular weight excluding hydrogens is 286 g/mol. The summed E-state index contributed by atoms with van der Waals surface area (Å²) in [7, 11) is 1.33. The Hall–Kier alpha value is -0.650. The lowest BCUT2D eigenvalue weighted by Crippen LogP contribution is -2.05. The lowest BCUT2D eigenvalue weighted by atomic mass is 10.1. The van der Waals surface area contributed by atoms with Gasteiger partial charge in [-0.05, 0) is 40.3 Å². The smallest absolute Gasteiger partial charge is 0.310 e. The molecule has 0 saturated carbocycles. The minimum Gasteiger partial charge on any atom is -0.469 e. The number of benzene rings is 1. The van der Waals surface area contributed by atoms with Crippen LogP contribution in [0.25, 0.3) is 0 Å². The highest BCUT2D eigenvalue weighted by Gasteiger charge is 2.06. The normalized spacial score (nSPS) is 9.77. The van der Waals surface area contributed by atoms with Crippen LogP contribution in [0.2, 0.25) is 0 Å². The van der Waals surface area contributed by atoms with Crippen LogP contribution in [0.15, 0.2) is 18.2 Å². The van der Waals surface area contributed by atoms with Gasteiger partial charge < -0.3 is 4.74 Å². The molecule has 0 aliphatic carbocycles. The molecule has 0 spiro atoms. The molecule has 0 heterocycles. The second-order valence-corrected chi connectivity index (χ2v) is 3.65. The van der Waals surface area contributed by atoms with Crippen molar-refractivity contribution in [2.45, 2.75) is 6.42 Å².